The number of amides is 1. The fourth-order valence-electron chi connectivity index (χ4n) is 2.26. The SMILES string of the molecule is CCCC(=O)ON(C(C)=O)c1cc(Oc2c(Cl)cc(Cl)cc2Cl)ccc1[N+](=O)[O-]. The number of rotatable bonds is 6. The van der Waals surface area contributed by atoms with Gasteiger partial charge in [-0.3, -0.25) is 14.9 Å². The van der Waals surface area contributed by atoms with Crippen molar-refractivity contribution in [2.75, 3.05) is 5.06 Å². The van der Waals surface area contributed by atoms with Crippen molar-refractivity contribution in [1.29, 1.82) is 0 Å². The molecule has 0 bridgehead atoms. The van der Waals surface area contributed by atoms with Gasteiger partial charge in [-0.2, -0.15) is 0 Å². The Morgan fingerprint density at radius 2 is 1.76 bits per heavy atom. The van der Waals surface area contributed by atoms with E-state index in [1.165, 1.54) is 24.3 Å². The molecule has 0 atom stereocenters. The molecule has 11 heteroatoms. The van der Waals surface area contributed by atoms with Gasteiger partial charge in [0, 0.05) is 30.5 Å². The first-order valence-corrected chi connectivity index (χ1v) is 9.39. The summed E-state index contributed by atoms with van der Waals surface area (Å²) in [4.78, 5) is 39.5. The summed E-state index contributed by atoms with van der Waals surface area (Å²) in [6.07, 6.45) is 0.507. The van der Waals surface area contributed by atoms with E-state index in [2.05, 4.69) is 0 Å². The number of hydrogen-bond acceptors (Lipinski definition) is 6. The monoisotopic (exact) mass is 460 g/mol. The van der Waals surface area contributed by atoms with E-state index in [-0.39, 0.29) is 33.7 Å². The first-order valence-electron chi connectivity index (χ1n) is 8.26. The van der Waals surface area contributed by atoms with Crippen LogP contribution in [0, 0.1) is 10.1 Å². The van der Waals surface area contributed by atoms with Crippen molar-refractivity contribution in [2.24, 2.45) is 0 Å². The number of carbonyl (C=O) groups is 2. The summed E-state index contributed by atoms with van der Waals surface area (Å²) in [6.45, 7) is 2.85. The van der Waals surface area contributed by atoms with Crippen LogP contribution in [-0.2, 0) is 14.4 Å². The van der Waals surface area contributed by atoms with Gasteiger partial charge >= 0.3 is 5.97 Å². The van der Waals surface area contributed by atoms with Crippen LogP contribution in [0.4, 0.5) is 11.4 Å². The third-order valence-corrected chi connectivity index (χ3v) is 4.26. The van der Waals surface area contributed by atoms with Gasteiger partial charge in [0.05, 0.1) is 15.0 Å². The number of nitro groups is 1. The molecule has 2 aromatic carbocycles. The largest absolute Gasteiger partial charge is 0.454 e. The minimum Gasteiger partial charge on any atom is -0.454 e. The van der Waals surface area contributed by atoms with E-state index in [9.17, 15) is 19.7 Å². The zero-order chi connectivity index (χ0) is 21.7. The van der Waals surface area contributed by atoms with Gasteiger partial charge < -0.3 is 9.57 Å². The summed E-state index contributed by atoms with van der Waals surface area (Å²) in [7, 11) is 0. The molecule has 0 spiro atoms. The van der Waals surface area contributed by atoms with E-state index in [4.69, 9.17) is 44.4 Å². The summed E-state index contributed by atoms with van der Waals surface area (Å²) in [6, 6.07) is 6.37. The molecule has 0 aliphatic rings. The molecule has 0 unspecified atom stereocenters. The maximum Gasteiger partial charge on any atom is 0.333 e. The second kappa shape index (κ2) is 9.78. The van der Waals surface area contributed by atoms with Gasteiger partial charge in [0.25, 0.3) is 11.6 Å². The highest BCUT2D eigenvalue weighted by molar-refractivity contribution is 6.40. The van der Waals surface area contributed by atoms with Crippen molar-refractivity contribution in [3.63, 3.8) is 0 Å². The number of nitrogens with zero attached hydrogens (tertiary/aromatic N) is 2. The van der Waals surface area contributed by atoms with Crippen LogP contribution in [0.15, 0.2) is 30.3 Å². The fraction of sp³-hybridized carbons (Fsp3) is 0.222. The molecule has 0 saturated heterocycles. The van der Waals surface area contributed by atoms with Crippen LogP contribution in [-0.4, -0.2) is 16.8 Å². The van der Waals surface area contributed by atoms with E-state index in [1.807, 2.05) is 0 Å². The minimum absolute atomic E-state index is 0.0315. The van der Waals surface area contributed by atoms with Gasteiger partial charge in [-0.1, -0.05) is 41.7 Å². The number of nitro benzene ring substituents is 1. The Kier molecular flexibility index (Phi) is 7.66. The number of benzene rings is 2. The van der Waals surface area contributed by atoms with Gasteiger partial charge in [0.15, 0.2) is 11.4 Å². The highest BCUT2D eigenvalue weighted by Crippen LogP contribution is 2.41. The van der Waals surface area contributed by atoms with Crippen LogP contribution >= 0.6 is 34.8 Å². The molecule has 154 valence electrons. The molecule has 0 saturated carbocycles. The number of hydrogen-bond donors (Lipinski definition) is 0. The summed E-state index contributed by atoms with van der Waals surface area (Å²) in [5.74, 6) is -1.33. The number of ether oxygens (including phenoxy) is 1. The Labute approximate surface area is 181 Å². The van der Waals surface area contributed by atoms with Crippen molar-refractivity contribution in [3.05, 3.63) is 55.5 Å². The maximum atomic E-state index is 12.0. The topological polar surface area (TPSA) is 99.0 Å². The van der Waals surface area contributed by atoms with Gasteiger partial charge in [-0.05, 0) is 24.6 Å². The smallest absolute Gasteiger partial charge is 0.333 e. The Balaban J connectivity index is 2.49. The van der Waals surface area contributed by atoms with Crippen molar-refractivity contribution in [3.8, 4) is 11.5 Å². The number of anilines is 1. The molecule has 0 aliphatic carbocycles. The molecule has 0 N–H and O–H groups in total. The lowest BCUT2D eigenvalue weighted by molar-refractivity contribution is -0.384. The zero-order valence-corrected chi connectivity index (χ0v) is 17.5. The van der Waals surface area contributed by atoms with Gasteiger partial charge in [-0.25, -0.2) is 4.79 Å². The van der Waals surface area contributed by atoms with Gasteiger partial charge in [0.2, 0.25) is 0 Å². The van der Waals surface area contributed by atoms with Crippen LogP contribution in [0.5, 0.6) is 11.5 Å². The number of hydroxylamine groups is 1. The first-order chi connectivity index (χ1) is 13.6. The lowest BCUT2D eigenvalue weighted by atomic mass is 10.2. The molecule has 1 amide bonds. The van der Waals surface area contributed by atoms with Crippen molar-refractivity contribution in [2.45, 2.75) is 26.7 Å². The van der Waals surface area contributed by atoms with Gasteiger partial charge in [0.1, 0.15) is 5.75 Å². The molecule has 2 rings (SSSR count). The third-order valence-electron chi connectivity index (χ3n) is 3.48. The van der Waals surface area contributed by atoms with E-state index in [1.54, 1.807) is 6.92 Å². The van der Waals surface area contributed by atoms with Crippen LogP contribution < -0.4 is 9.80 Å². The number of halogens is 3. The Bertz CT molecular complexity index is 944. The molecule has 0 fully saturated rings. The Morgan fingerprint density at radius 1 is 1.14 bits per heavy atom. The average Bonchev–Trinajstić information content (AvgIpc) is 2.62. The molecule has 0 heterocycles. The molecular weight excluding hydrogens is 447 g/mol. The molecule has 0 aliphatic heterocycles. The minimum atomic E-state index is -0.739. The Hall–Kier alpha value is -2.55. The van der Waals surface area contributed by atoms with Crippen LogP contribution in [0.3, 0.4) is 0 Å². The molecular formula is C18H15Cl3N2O6. The van der Waals surface area contributed by atoms with Crippen molar-refractivity contribution in [1.82, 2.24) is 0 Å². The second-order valence-electron chi connectivity index (χ2n) is 5.73. The standard InChI is InChI=1S/C18H15Cl3N2O6/c1-3-4-17(25)29-22(10(2)24)16-9-12(5-6-15(16)23(26)27)28-18-13(20)7-11(19)8-14(18)21/h5-9H,3-4H2,1-2H3. The summed E-state index contributed by atoms with van der Waals surface area (Å²) >= 11 is 18.0. The average molecular weight is 462 g/mol. The second-order valence-corrected chi connectivity index (χ2v) is 6.99. The number of carbonyl (C=O) groups excluding carboxylic acids is 2. The molecule has 0 radical (unpaired) electrons. The van der Waals surface area contributed by atoms with Crippen LogP contribution in [0.1, 0.15) is 26.7 Å². The fourth-order valence-corrected chi connectivity index (χ4v) is 3.16. The molecule has 0 aromatic heterocycles. The first kappa shape index (κ1) is 22.7. The van der Waals surface area contributed by atoms with Crippen LogP contribution in [0.25, 0.3) is 0 Å². The highest BCUT2D eigenvalue weighted by Gasteiger charge is 2.27. The highest BCUT2D eigenvalue weighted by atomic mass is 35.5. The third kappa shape index (κ3) is 5.72. The van der Waals surface area contributed by atoms with E-state index in [0.29, 0.717) is 16.5 Å². The predicted octanol–water partition coefficient (Wildman–Crippen LogP) is 5.96. The normalized spacial score (nSPS) is 10.4. The molecule has 2 aromatic rings. The van der Waals surface area contributed by atoms with Crippen molar-refractivity contribution < 1.29 is 24.1 Å². The summed E-state index contributed by atoms with van der Waals surface area (Å²) in [5, 5.41) is 12.5. The zero-order valence-electron chi connectivity index (χ0n) is 15.3. The molecule has 8 nitrogen and oxygen atoms in total. The van der Waals surface area contributed by atoms with E-state index in [0.717, 1.165) is 13.0 Å². The lowest BCUT2D eigenvalue weighted by Crippen LogP contribution is -2.32. The van der Waals surface area contributed by atoms with Crippen LogP contribution in [0.2, 0.25) is 15.1 Å². The lowest BCUT2D eigenvalue weighted by Gasteiger charge is -2.20. The predicted molar refractivity (Wildman–Crippen MR) is 109 cm³/mol. The van der Waals surface area contributed by atoms with Gasteiger partial charge in [-0.15, -0.1) is 5.06 Å². The Morgan fingerprint density at radius 3 is 2.28 bits per heavy atom. The summed E-state index contributed by atoms with van der Waals surface area (Å²) in [5.41, 5.74) is -0.754. The van der Waals surface area contributed by atoms with Crippen molar-refractivity contribution >= 4 is 58.1 Å². The van der Waals surface area contributed by atoms with E-state index < -0.39 is 22.5 Å². The quantitative estimate of drug-likeness (QED) is 0.389. The summed E-state index contributed by atoms with van der Waals surface area (Å²) < 4.78 is 5.63. The maximum absolute atomic E-state index is 12.0. The van der Waals surface area contributed by atoms with E-state index >= 15 is 0 Å². The molecule has 29 heavy (non-hydrogen) atoms.